The van der Waals surface area contributed by atoms with E-state index in [1.54, 1.807) is 18.2 Å². The Morgan fingerprint density at radius 3 is 2.58 bits per heavy atom. The number of carbonyl (C=O) groups excluding carboxylic acids is 2. The Morgan fingerprint density at radius 2 is 2.00 bits per heavy atom. The smallest absolute Gasteiger partial charge is 0.329 e. The lowest BCUT2D eigenvalue weighted by Crippen LogP contribution is -2.56. The van der Waals surface area contributed by atoms with E-state index in [9.17, 15) is 24.8 Å². The van der Waals surface area contributed by atoms with Crippen LogP contribution in [-0.2, 0) is 20.7 Å². The molecule has 2 aliphatic rings. The summed E-state index contributed by atoms with van der Waals surface area (Å²) in [6.45, 7) is 1.50. The van der Waals surface area contributed by atoms with Crippen molar-refractivity contribution in [2.75, 3.05) is 27.9 Å². The van der Waals surface area contributed by atoms with Crippen LogP contribution in [0.15, 0.2) is 18.2 Å². The first-order valence-corrected chi connectivity index (χ1v) is 10.1. The maximum Gasteiger partial charge on any atom is 0.329 e. The van der Waals surface area contributed by atoms with Crippen LogP contribution < -0.4 is 9.47 Å². The van der Waals surface area contributed by atoms with Crippen LogP contribution in [0, 0.1) is 27.9 Å². The van der Waals surface area contributed by atoms with Gasteiger partial charge in [-0.2, -0.15) is 0 Å². The molecule has 10 heteroatoms. The highest BCUT2D eigenvalue weighted by molar-refractivity contribution is 5.87. The second-order valence-corrected chi connectivity index (χ2v) is 8.25. The van der Waals surface area contributed by atoms with Crippen LogP contribution >= 0.6 is 0 Å². The molecule has 1 aromatic carbocycles. The van der Waals surface area contributed by atoms with Crippen molar-refractivity contribution in [3.05, 3.63) is 33.9 Å². The summed E-state index contributed by atoms with van der Waals surface area (Å²) in [7, 11) is 4.22. The summed E-state index contributed by atoms with van der Waals surface area (Å²) in [5.41, 5.74) is -0.951. The number of nitrogens with zero attached hydrogens (tertiary/aromatic N) is 2. The monoisotopic (exact) mass is 436 g/mol. The topological polar surface area (TPSA) is 128 Å². The number of fused-ring (bicyclic) bond motifs is 1. The molecular weight excluding hydrogens is 408 g/mol. The third kappa shape index (κ3) is 4.04. The molecule has 1 saturated heterocycles. The summed E-state index contributed by atoms with van der Waals surface area (Å²) in [6, 6.07) is 4.05. The molecule has 3 rings (SSSR count). The fraction of sp³-hybridized carbons (Fsp3) is 0.619. The van der Waals surface area contributed by atoms with E-state index in [0.717, 1.165) is 0 Å². The van der Waals surface area contributed by atoms with E-state index < -0.39 is 40.4 Å². The quantitative estimate of drug-likeness (QED) is 0.366. The van der Waals surface area contributed by atoms with E-state index >= 15 is 0 Å². The van der Waals surface area contributed by atoms with Crippen molar-refractivity contribution in [2.24, 2.45) is 17.8 Å². The molecule has 1 saturated carbocycles. The molecule has 1 aromatic rings. The van der Waals surface area contributed by atoms with Gasteiger partial charge in [0.05, 0.1) is 21.3 Å². The molecule has 5 atom stereocenters. The molecule has 31 heavy (non-hydrogen) atoms. The van der Waals surface area contributed by atoms with Crippen LogP contribution in [0.5, 0.6) is 11.5 Å². The van der Waals surface area contributed by atoms with Crippen LogP contribution in [0.4, 0.5) is 0 Å². The number of rotatable bonds is 8. The highest BCUT2D eigenvalue weighted by Gasteiger charge is 2.64. The lowest BCUT2D eigenvalue weighted by Gasteiger charge is -2.38. The zero-order valence-corrected chi connectivity index (χ0v) is 18.1. The predicted molar refractivity (Wildman–Crippen MR) is 108 cm³/mol. The van der Waals surface area contributed by atoms with Gasteiger partial charge in [0.1, 0.15) is 11.8 Å². The summed E-state index contributed by atoms with van der Waals surface area (Å²) in [4.78, 5) is 37.6. The summed E-state index contributed by atoms with van der Waals surface area (Å²) in [6.07, 6.45) is 0.211. The maximum atomic E-state index is 13.0. The Labute approximate surface area is 180 Å². The Kier molecular flexibility index (Phi) is 6.40. The number of benzene rings is 1. The van der Waals surface area contributed by atoms with E-state index in [2.05, 4.69) is 0 Å². The number of hydrogen-bond donors (Lipinski definition) is 1. The number of carbonyl (C=O) groups is 2. The molecular formula is C21H28N2O8. The molecule has 10 nitrogen and oxygen atoms in total. The fourth-order valence-electron chi connectivity index (χ4n) is 5.18. The summed E-state index contributed by atoms with van der Waals surface area (Å²) in [5.74, 6) is -1.33. The fourth-order valence-corrected chi connectivity index (χ4v) is 5.18. The lowest BCUT2D eigenvalue weighted by atomic mass is 9.88. The number of methoxy groups -OCH3 is 3. The SMILES string of the molecule is COC(=O)[C@H](Cc1ccc(OC)c(OC)c1)N1C(=O)C[C@@H]2[C@H](C[N+](=O)[O-])[C@@H](C)C[C@@]21O. The number of amides is 1. The van der Waals surface area contributed by atoms with Gasteiger partial charge < -0.3 is 19.3 Å². The van der Waals surface area contributed by atoms with Crippen molar-refractivity contribution >= 4 is 11.9 Å². The van der Waals surface area contributed by atoms with Gasteiger partial charge in [-0.05, 0) is 30.0 Å². The van der Waals surface area contributed by atoms with Gasteiger partial charge in [-0.25, -0.2) is 4.79 Å². The Bertz CT molecular complexity index is 875. The number of esters is 1. The number of hydrogen-bond acceptors (Lipinski definition) is 8. The van der Waals surface area contributed by atoms with Gasteiger partial charge in [-0.1, -0.05) is 13.0 Å². The number of nitro groups is 1. The van der Waals surface area contributed by atoms with Gasteiger partial charge in [0.2, 0.25) is 12.5 Å². The largest absolute Gasteiger partial charge is 0.493 e. The predicted octanol–water partition coefficient (Wildman–Crippen LogP) is 1.26. The molecule has 0 radical (unpaired) electrons. The average molecular weight is 436 g/mol. The Hall–Kier alpha value is -2.88. The van der Waals surface area contributed by atoms with Crippen molar-refractivity contribution < 1.29 is 33.8 Å². The van der Waals surface area contributed by atoms with Crippen LogP contribution in [0.1, 0.15) is 25.3 Å². The first kappa shape index (κ1) is 22.8. The Balaban J connectivity index is 1.95. The van der Waals surface area contributed by atoms with Gasteiger partial charge >= 0.3 is 5.97 Å². The highest BCUT2D eigenvalue weighted by atomic mass is 16.6. The van der Waals surface area contributed by atoms with Crippen molar-refractivity contribution in [1.82, 2.24) is 4.90 Å². The molecule has 170 valence electrons. The van der Waals surface area contributed by atoms with E-state index in [1.165, 1.54) is 26.2 Å². The zero-order valence-electron chi connectivity index (χ0n) is 18.1. The van der Waals surface area contributed by atoms with E-state index in [4.69, 9.17) is 14.2 Å². The van der Waals surface area contributed by atoms with Crippen molar-refractivity contribution in [3.63, 3.8) is 0 Å². The lowest BCUT2D eigenvalue weighted by molar-refractivity contribution is -0.491. The van der Waals surface area contributed by atoms with Crippen molar-refractivity contribution in [1.29, 1.82) is 0 Å². The molecule has 0 unspecified atom stereocenters. The third-order valence-electron chi connectivity index (χ3n) is 6.57. The molecule has 2 fully saturated rings. The summed E-state index contributed by atoms with van der Waals surface area (Å²) in [5, 5.41) is 22.6. The van der Waals surface area contributed by atoms with Crippen molar-refractivity contribution in [2.45, 2.75) is 38.0 Å². The first-order valence-electron chi connectivity index (χ1n) is 10.1. The molecule has 0 aromatic heterocycles. The first-order chi connectivity index (χ1) is 14.7. The minimum atomic E-state index is -1.63. The average Bonchev–Trinajstić information content (AvgIpc) is 3.11. The number of ether oxygens (including phenoxy) is 3. The molecule has 1 N–H and O–H groups in total. The van der Waals surface area contributed by atoms with E-state index in [-0.39, 0.29) is 31.7 Å². The molecule has 1 heterocycles. The van der Waals surface area contributed by atoms with E-state index in [1.807, 2.05) is 6.92 Å². The van der Waals surface area contributed by atoms with E-state index in [0.29, 0.717) is 17.1 Å². The van der Waals surface area contributed by atoms with Gasteiger partial charge in [-0.3, -0.25) is 19.8 Å². The number of aliphatic hydroxyl groups is 1. The van der Waals surface area contributed by atoms with Crippen LogP contribution in [-0.4, -0.2) is 66.4 Å². The molecule has 1 aliphatic carbocycles. The maximum absolute atomic E-state index is 13.0. The van der Waals surface area contributed by atoms with Gasteiger partial charge in [0, 0.05) is 29.6 Å². The highest BCUT2D eigenvalue weighted by Crippen LogP contribution is 2.53. The molecule has 1 aliphatic heterocycles. The second-order valence-electron chi connectivity index (χ2n) is 8.25. The van der Waals surface area contributed by atoms with Gasteiger partial charge in [0.15, 0.2) is 11.5 Å². The molecule has 1 amide bonds. The second kappa shape index (κ2) is 8.70. The third-order valence-corrected chi connectivity index (χ3v) is 6.57. The van der Waals surface area contributed by atoms with Gasteiger partial charge in [-0.15, -0.1) is 0 Å². The summed E-state index contributed by atoms with van der Waals surface area (Å²) >= 11 is 0. The standard InChI is InChI=1S/C21H28N2O8/c1-12-10-21(26)15(14(12)11-22(27)28)9-19(24)23(21)16(20(25)31-4)7-13-5-6-17(29-2)18(8-13)30-3/h5-6,8,12,14-16,26H,7,9-11H2,1-4H3/t12-,14+,15+,16-,21+/m0/s1. The minimum absolute atomic E-state index is 0.0429. The molecule has 0 bridgehead atoms. The van der Waals surface area contributed by atoms with Crippen LogP contribution in [0.25, 0.3) is 0 Å². The Morgan fingerprint density at radius 1 is 1.32 bits per heavy atom. The van der Waals surface area contributed by atoms with Gasteiger partial charge in [0.25, 0.3) is 0 Å². The molecule has 0 spiro atoms. The van der Waals surface area contributed by atoms with Crippen molar-refractivity contribution in [3.8, 4) is 11.5 Å². The summed E-state index contributed by atoms with van der Waals surface area (Å²) < 4.78 is 15.5. The number of likely N-dealkylation sites (tertiary alicyclic amines) is 1. The zero-order chi connectivity index (χ0) is 22.9. The van der Waals surface area contributed by atoms with Crippen LogP contribution in [0.3, 0.4) is 0 Å². The normalized spacial score (nSPS) is 28.2. The minimum Gasteiger partial charge on any atom is -0.493 e. The van der Waals surface area contributed by atoms with Crippen LogP contribution in [0.2, 0.25) is 0 Å².